The van der Waals surface area contributed by atoms with Crippen LogP contribution < -0.4 is 16.0 Å². The molecule has 0 heterocycles. The number of aliphatic hydroxyl groups is 1. The molecule has 4 N–H and O–H groups in total. The lowest BCUT2D eigenvalue weighted by atomic mass is 9.72. The number of halogens is 2. The number of allylic oxidation sites excluding steroid dienone is 2. The van der Waals surface area contributed by atoms with E-state index in [2.05, 4.69) is 41.9 Å². The summed E-state index contributed by atoms with van der Waals surface area (Å²) in [5.41, 5.74) is 3.00. The molecule has 8 heteroatoms. The molecule has 1 aliphatic rings. The number of aliphatic hydroxyl groups excluding tert-OH is 1. The van der Waals surface area contributed by atoms with Gasteiger partial charge in [-0.15, -0.1) is 0 Å². The van der Waals surface area contributed by atoms with Crippen LogP contribution in [0, 0.1) is 17.0 Å². The van der Waals surface area contributed by atoms with E-state index in [1.54, 1.807) is 6.08 Å². The summed E-state index contributed by atoms with van der Waals surface area (Å²) in [6.07, 6.45) is 6.17. The number of unbranched alkanes of at least 4 members (excludes halogenated alkanes) is 1. The summed E-state index contributed by atoms with van der Waals surface area (Å²) in [4.78, 5) is 26.9. The van der Waals surface area contributed by atoms with Crippen molar-refractivity contribution in [3.05, 3.63) is 94.1 Å². The van der Waals surface area contributed by atoms with Crippen molar-refractivity contribution in [1.82, 2.24) is 16.0 Å². The summed E-state index contributed by atoms with van der Waals surface area (Å²) >= 11 is 0. The van der Waals surface area contributed by atoms with E-state index in [-0.39, 0.29) is 25.3 Å². The lowest BCUT2D eigenvalue weighted by molar-refractivity contribution is -0.129. The molecule has 1 unspecified atom stereocenters. The smallest absolute Gasteiger partial charge is 0.247 e. The van der Waals surface area contributed by atoms with Gasteiger partial charge in [-0.05, 0) is 68.4 Å². The Hall–Kier alpha value is -3.36. The highest BCUT2D eigenvalue weighted by atomic mass is 19.1. The van der Waals surface area contributed by atoms with Gasteiger partial charge in [0.1, 0.15) is 11.6 Å². The number of amides is 2. The first-order chi connectivity index (χ1) is 20.1. The first-order valence-electron chi connectivity index (χ1n) is 15.0. The Labute approximate surface area is 248 Å². The fraction of sp³-hybridized carbons (Fsp3) is 0.471. The van der Waals surface area contributed by atoms with Crippen molar-refractivity contribution in [1.29, 1.82) is 0 Å². The largest absolute Gasteiger partial charge is 0.390 e. The van der Waals surface area contributed by atoms with Crippen LogP contribution in [0.15, 0.2) is 65.8 Å². The first kappa shape index (κ1) is 33.1. The molecular weight excluding hydrogens is 536 g/mol. The Balaban J connectivity index is 1.80. The normalized spacial score (nSPS) is 18.1. The van der Waals surface area contributed by atoms with Crippen LogP contribution in [0.2, 0.25) is 0 Å². The van der Waals surface area contributed by atoms with Crippen LogP contribution >= 0.6 is 0 Å². The Bertz CT molecular complexity index is 1270. The van der Waals surface area contributed by atoms with Crippen molar-refractivity contribution in [2.45, 2.75) is 84.9 Å². The molecule has 0 bridgehead atoms. The Morgan fingerprint density at radius 3 is 2.40 bits per heavy atom. The minimum Gasteiger partial charge on any atom is -0.390 e. The minimum absolute atomic E-state index is 0.0218. The lowest BCUT2D eigenvalue weighted by Crippen LogP contribution is -2.50. The van der Waals surface area contributed by atoms with Crippen molar-refractivity contribution in [3.63, 3.8) is 0 Å². The van der Waals surface area contributed by atoms with Gasteiger partial charge in [0.2, 0.25) is 11.8 Å². The zero-order valence-electron chi connectivity index (χ0n) is 25.2. The van der Waals surface area contributed by atoms with E-state index in [0.29, 0.717) is 30.6 Å². The number of carbonyl (C=O) groups excluding carboxylic acids is 2. The van der Waals surface area contributed by atoms with E-state index < -0.39 is 35.1 Å². The number of hydrogen-bond donors (Lipinski definition) is 4. The average molecular weight is 582 g/mol. The molecule has 2 amide bonds. The second-order valence-electron chi connectivity index (χ2n) is 11.3. The highest BCUT2D eigenvalue weighted by molar-refractivity contribution is 5.97. The maximum atomic E-state index is 14.0. The zero-order valence-corrected chi connectivity index (χ0v) is 25.2. The third-order valence-corrected chi connectivity index (χ3v) is 7.71. The SMILES string of the molecule is CCCCC1(C(=O)NCC)C=C(C)C=C(C(=O)N[C@@H](Cc2cc(F)cc(F)c2)[C@H](O)CNCc2cccc(CC)c2)C1. The third-order valence-electron chi connectivity index (χ3n) is 7.71. The number of nitrogens with one attached hydrogen (secondary N) is 3. The van der Waals surface area contributed by atoms with Crippen molar-refractivity contribution in [2.75, 3.05) is 13.1 Å². The number of benzene rings is 2. The van der Waals surface area contributed by atoms with E-state index in [0.717, 1.165) is 36.5 Å². The first-order valence-corrected chi connectivity index (χ1v) is 15.0. The van der Waals surface area contributed by atoms with Gasteiger partial charge in [0.15, 0.2) is 0 Å². The summed E-state index contributed by atoms with van der Waals surface area (Å²) in [5.74, 6) is -1.97. The van der Waals surface area contributed by atoms with Gasteiger partial charge >= 0.3 is 0 Å². The molecule has 0 aliphatic heterocycles. The molecule has 2 aromatic carbocycles. The molecule has 3 rings (SSSR count). The maximum Gasteiger partial charge on any atom is 0.247 e. The molecule has 42 heavy (non-hydrogen) atoms. The number of carbonyl (C=O) groups is 2. The summed E-state index contributed by atoms with van der Waals surface area (Å²) in [7, 11) is 0. The summed E-state index contributed by atoms with van der Waals surface area (Å²) in [6.45, 7) is 9.03. The van der Waals surface area contributed by atoms with Crippen LogP contribution in [0.3, 0.4) is 0 Å². The van der Waals surface area contributed by atoms with Crippen molar-refractivity contribution >= 4 is 11.8 Å². The van der Waals surface area contributed by atoms with Crippen LogP contribution in [0.1, 0.15) is 70.1 Å². The van der Waals surface area contributed by atoms with Gasteiger partial charge in [-0.1, -0.05) is 68.7 Å². The molecule has 0 saturated heterocycles. The standard InChI is InChI=1S/C34H45F2N3O3/c1-5-8-12-34(33(42)38-7-3)19-23(4)13-27(20-34)32(41)39-30(17-26-15-28(35)18-29(36)16-26)31(40)22-37-21-25-11-9-10-24(6-2)14-25/h9-11,13-16,18-19,30-31,37,40H,5-8,12,17,20-22H2,1-4H3,(H,38,42)(H,39,41)/t30-,31+,34?/m0/s1. The second-order valence-corrected chi connectivity index (χ2v) is 11.3. The monoisotopic (exact) mass is 581 g/mol. The van der Waals surface area contributed by atoms with Gasteiger partial charge in [0.25, 0.3) is 0 Å². The van der Waals surface area contributed by atoms with Gasteiger partial charge in [0.05, 0.1) is 17.6 Å². The van der Waals surface area contributed by atoms with Gasteiger partial charge < -0.3 is 21.1 Å². The topological polar surface area (TPSA) is 90.5 Å². The number of aryl methyl sites for hydroxylation is 1. The number of hydrogen-bond acceptors (Lipinski definition) is 4. The third kappa shape index (κ3) is 9.33. The van der Waals surface area contributed by atoms with E-state index in [9.17, 15) is 23.5 Å². The highest BCUT2D eigenvalue weighted by Gasteiger charge is 2.40. The molecule has 1 aliphatic carbocycles. The predicted molar refractivity (Wildman–Crippen MR) is 163 cm³/mol. The molecule has 228 valence electrons. The summed E-state index contributed by atoms with van der Waals surface area (Å²) in [6, 6.07) is 10.5. The minimum atomic E-state index is -1.05. The van der Waals surface area contributed by atoms with Crippen molar-refractivity contribution in [2.24, 2.45) is 5.41 Å². The van der Waals surface area contributed by atoms with Gasteiger partial charge in [0, 0.05) is 31.3 Å². The van der Waals surface area contributed by atoms with E-state index in [1.165, 1.54) is 17.7 Å². The van der Waals surface area contributed by atoms with E-state index in [1.807, 2.05) is 32.1 Å². The Morgan fingerprint density at radius 1 is 1.02 bits per heavy atom. The predicted octanol–water partition coefficient (Wildman–Crippen LogP) is 5.29. The van der Waals surface area contributed by atoms with Crippen LogP contribution in [0.5, 0.6) is 0 Å². The molecule has 0 aromatic heterocycles. The zero-order chi connectivity index (χ0) is 30.7. The molecular formula is C34H45F2N3O3. The van der Waals surface area contributed by atoms with Crippen molar-refractivity contribution in [3.8, 4) is 0 Å². The maximum absolute atomic E-state index is 14.0. The molecule has 0 fully saturated rings. The molecule has 0 radical (unpaired) electrons. The quantitative estimate of drug-likeness (QED) is 0.230. The molecule has 0 spiro atoms. The Morgan fingerprint density at radius 2 is 1.74 bits per heavy atom. The average Bonchev–Trinajstić information content (AvgIpc) is 2.95. The Kier molecular flexibility index (Phi) is 12.4. The van der Waals surface area contributed by atoms with E-state index in [4.69, 9.17) is 0 Å². The summed E-state index contributed by atoms with van der Waals surface area (Å²) in [5, 5.41) is 20.3. The number of rotatable bonds is 15. The molecule has 6 nitrogen and oxygen atoms in total. The van der Waals surface area contributed by atoms with Crippen LogP contribution in [-0.2, 0) is 29.0 Å². The van der Waals surface area contributed by atoms with Gasteiger partial charge in [-0.3, -0.25) is 9.59 Å². The van der Waals surface area contributed by atoms with Crippen LogP contribution in [-0.4, -0.2) is 42.2 Å². The molecule has 3 atom stereocenters. The highest BCUT2D eigenvalue weighted by Crippen LogP contribution is 2.39. The van der Waals surface area contributed by atoms with Crippen molar-refractivity contribution < 1.29 is 23.5 Å². The summed E-state index contributed by atoms with van der Waals surface area (Å²) < 4.78 is 28.0. The molecule has 2 aromatic rings. The van der Waals surface area contributed by atoms with Gasteiger partial charge in [-0.25, -0.2) is 8.78 Å². The lowest BCUT2D eigenvalue weighted by Gasteiger charge is -2.34. The van der Waals surface area contributed by atoms with E-state index >= 15 is 0 Å². The second kappa shape index (κ2) is 15.8. The fourth-order valence-corrected chi connectivity index (χ4v) is 5.58. The fourth-order valence-electron chi connectivity index (χ4n) is 5.58. The van der Waals surface area contributed by atoms with Crippen LogP contribution in [0.4, 0.5) is 8.78 Å². The van der Waals surface area contributed by atoms with Crippen LogP contribution in [0.25, 0.3) is 0 Å². The molecule has 0 saturated carbocycles. The van der Waals surface area contributed by atoms with Gasteiger partial charge in [-0.2, -0.15) is 0 Å².